The second kappa shape index (κ2) is 10.3. The van der Waals surface area contributed by atoms with Crippen molar-refractivity contribution < 1.29 is 18.7 Å². The van der Waals surface area contributed by atoms with Crippen LogP contribution in [0.1, 0.15) is 6.42 Å². The zero-order valence-corrected chi connectivity index (χ0v) is 20.5. The minimum atomic E-state index is -0.359. The van der Waals surface area contributed by atoms with E-state index >= 15 is 0 Å². The molecule has 0 spiro atoms. The van der Waals surface area contributed by atoms with Crippen molar-refractivity contribution in [3.8, 4) is 22.8 Å². The Hall–Kier alpha value is -4.44. The van der Waals surface area contributed by atoms with Gasteiger partial charge in [0, 0.05) is 30.1 Å². The number of methoxy groups -OCH3 is 1. The smallest absolute Gasteiger partial charge is 0.247 e. The number of carbonyl (C=O) groups is 1. The number of aromatic amines is 1. The Balaban J connectivity index is 1.50. The average molecular weight is 503 g/mol. The highest BCUT2D eigenvalue weighted by atomic mass is 19.1. The summed E-state index contributed by atoms with van der Waals surface area (Å²) in [6.45, 7) is 5.27. The summed E-state index contributed by atoms with van der Waals surface area (Å²) in [5, 5.41) is 14.1. The zero-order valence-electron chi connectivity index (χ0n) is 20.5. The van der Waals surface area contributed by atoms with Crippen LogP contribution in [0.2, 0.25) is 0 Å². The number of anilines is 3. The molecule has 1 aliphatic rings. The van der Waals surface area contributed by atoms with Crippen LogP contribution in [0.15, 0.2) is 61.3 Å². The van der Waals surface area contributed by atoms with E-state index in [9.17, 15) is 9.18 Å². The minimum Gasteiger partial charge on any atom is -0.494 e. The second-order valence-corrected chi connectivity index (χ2v) is 8.86. The maximum Gasteiger partial charge on any atom is 0.247 e. The van der Waals surface area contributed by atoms with Crippen LogP contribution in [-0.2, 0) is 4.79 Å². The van der Waals surface area contributed by atoms with E-state index in [1.165, 1.54) is 18.2 Å². The van der Waals surface area contributed by atoms with Crippen molar-refractivity contribution in [2.75, 3.05) is 37.9 Å². The lowest BCUT2D eigenvalue weighted by atomic mass is 10.1. The molecule has 1 amide bonds. The molecule has 10 heteroatoms. The summed E-state index contributed by atoms with van der Waals surface area (Å²) >= 11 is 0. The molecule has 3 N–H and O–H groups in total. The van der Waals surface area contributed by atoms with Crippen LogP contribution in [0.25, 0.3) is 22.2 Å². The van der Waals surface area contributed by atoms with Crippen molar-refractivity contribution in [1.82, 2.24) is 20.1 Å². The quantitative estimate of drug-likeness (QED) is 0.300. The fraction of sp³-hybridized carbons (Fsp3) is 0.222. The van der Waals surface area contributed by atoms with Crippen molar-refractivity contribution in [3.05, 3.63) is 67.1 Å². The Morgan fingerprint density at radius 1 is 1.24 bits per heavy atom. The number of nitrogens with one attached hydrogen (secondary N) is 3. The van der Waals surface area contributed by atoms with Gasteiger partial charge in [0.25, 0.3) is 0 Å². The standard InChI is InChI=1S/C27H27FN6O3/c1-4-26(35)31-21-12-20(23(36-3)13-24(21)37-18-8-9-34(2)15-18)30-25-11-19-22(14-29-25)32-33-27(19)16-6-5-7-17(28)10-16/h4-7,10-14,18H,1,8-9,15H2,2-3H3,(H,29,30)(H,31,35)(H,32,33). The van der Waals surface area contributed by atoms with Crippen molar-refractivity contribution in [2.45, 2.75) is 12.5 Å². The molecular formula is C27H27FN6O3. The predicted molar refractivity (Wildman–Crippen MR) is 141 cm³/mol. The third-order valence-corrected chi connectivity index (χ3v) is 6.19. The maximum absolute atomic E-state index is 13.8. The molecule has 0 bridgehead atoms. The van der Waals surface area contributed by atoms with E-state index in [1.54, 1.807) is 37.6 Å². The number of pyridine rings is 1. The van der Waals surface area contributed by atoms with Gasteiger partial charge in [-0.2, -0.15) is 5.10 Å². The van der Waals surface area contributed by atoms with Gasteiger partial charge in [0.05, 0.1) is 30.2 Å². The Labute approximate surface area is 213 Å². The van der Waals surface area contributed by atoms with E-state index in [0.29, 0.717) is 45.5 Å². The largest absolute Gasteiger partial charge is 0.494 e. The van der Waals surface area contributed by atoms with Gasteiger partial charge >= 0.3 is 0 Å². The van der Waals surface area contributed by atoms with Crippen LogP contribution in [-0.4, -0.2) is 59.3 Å². The van der Waals surface area contributed by atoms with Crippen LogP contribution < -0.4 is 20.1 Å². The van der Waals surface area contributed by atoms with Gasteiger partial charge in [-0.05, 0) is 43.8 Å². The number of hydrogen-bond donors (Lipinski definition) is 3. The van der Waals surface area contributed by atoms with Gasteiger partial charge < -0.3 is 25.0 Å². The summed E-state index contributed by atoms with van der Waals surface area (Å²) in [5.41, 5.74) is 3.01. The molecule has 1 unspecified atom stereocenters. The van der Waals surface area contributed by atoms with E-state index in [4.69, 9.17) is 9.47 Å². The third-order valence-electron chi connectivity index (χ3n) is 6.19. The summed E-state index contributed by atoms with van der Waals surface area (Å²) in [5.74, 6) is 0.826. The lowest BCUT2D eigenvalue weighted by molar-refractivity contribution is -0.111. The number of halogens is 1. The highest BCUT2D eigenvalue weighted by molar-refractivity contribution is 6.01. The van der Waals surface area contributed by atoms with Gasteiger partial charge in [-0.3, -0.25) is 9.89 Å². The lowest BCUT2D eigenvalue weighted by Gasteiger charge is -2.20. The van der Waals surface area contributed by atoms with Crippen LogP contribution in [0, 0.1) is 5.82 Å². The van der Waals surface area contributed by atoms with Gasteiger partial charge in [0.1, 0.15) is 34.9 Å². The molecule has 9 nitrogen and oxygen atoms in total. The number of likely N-dealkylation sites (tertiary alicyclic amines) is 1. The highest BCUT2D eigenvalue weighted by Crippen LogP contribution is 2.39. The second-order valence-electron chi connectivity index (χ2n) is 8.86. The number of likely N-dealkylation sites (N-methyl/N-ethyl adjacent to an activating group) is 1. The fourth-order valence-corrected chi connectivity index (χ4v) is 4.36. The number of nitrogens with zero attached hydrogens (tertiary/aromatic N) is 3. The molecule has 4 aromatic rings. The molecule has 1 atom stereocenters. The van der Waals surface area contributed by atoms with E-state index in [-0.39, 0.29) is 17.8 Å². The number of benzene rings is 2. The first-order chi connectivity index (χ1) is 17.9. The number of hydrogen-bond acceptors (Lipinski definition) is 7. The van der Waals surface area contributed by atoms with E-state index in [0.717, 1.165) is 24.9 Å². The Bertz CT molecular complexity index is 1470. The average Bonchev–Trinajstić information content (AvgIpc) is 3.50. The first-order valence-corrected chi connectivity index (χ1v) is 11.8. The molecule has 0 saturated carbocycles. The van der Waals surface area contributed by atoms with E-state index in [1.807, 2.05) is 13.1 Å². The molecule has 1 aliphatic heterocycles. The molecule has 1 saturated heterocycles. The first kappa shape index (κ1) is 24.3. The highest BCUT2D eigenvalue weighted by Gasteiger charge is 2.23. The van der Waals surface area contributed by atoms with Crippen LogP contribution >= 0.6 is 0 Å². The summed E-state index contributed by atoms with van der Waals surface area (Å²) in [4.78, 5) is 18.8. The molecule has 2 aromatic carbocycles. The molecule has 190 valence electrons. The van der Waals surface area contributed by atoms with Crippen molar-refractivity contribution >= 4 is 34.0 Å². The lowest BCUT2D eigenvalue weighted by Crippen LogP contribution is -2.22. The molecule has 37 heavy (non-hydrogen) atoms. The fourth-order valence-electron chi connectivity index (χ4n) is 4.36. The van der Waals surface area contributed by atoms with Gasteiger partial charge in [-0.15, -0.1) is 0 Å². The van der Waals surface area contributed by atoms with Crippen LogP contribution in [0.5, 0.6) is 11.5 Å². The Morgan fingerprint density at radius 2 is 2.11 bits per heavy atom. The molecule has 5 rings (SSSR count). The van der Waals surface area contributed by atoms with Crippen molar-refractivity contribution in [2.24, 2.45) is 0 Å². The molecular weight excluding hydrogens is 475 g/mol. The number of ether oxygens (including phenoxy) is 2. The molecule has 0 radical (unpaired) electrons. The number of aromatic nitrogens is 3. The van der Waals surface area contributed by atoms with Crippen molar-refractivity contribution in [3.63, 3.8) is 0 Å². The van der Waals surface area contributed by atoms with Gasteiger partial charge in [0.2, 0.25) is 5.91 Å². The Kier molecular flexibility index (Phi) is 6.74. The molecule has 0 aliphatic carbocycles. The van der Waals surface area contributed by atoms with Crippen LogP contribution in [0.4, 0.5) is 21.6 Å². The summed E-state index contributed by atoms with van der Waals surface area (Å²) in [7, 11) is 3.60. The minimum absolute atomic E-state index is 0.000641. The number of carbonyl (C=O) groups excluding carboxylic acids is 1. The number of amides is 1. The zero-order chi connectivity index (χ0) is 25.9. The topological polar surface area (TPSA) is 104 Å². The van der Waals surface area contributed by atoms with E-state index in [2.05, 4.69) is 37.3 Å². The predicted octanol–water partition coefficient (Wildman–Crippen LogP) is 4.72. The number of rotatable bonds is 8. The molecule has 1 fully saturated rings. The first-order valence-electron chi connectivity index (χ1n) is 11.8. The maximum atomic E-state index is 13.8. The summed E-state index contributed by atoms with van der Waals surface area (Å²) in [6.07, 6.45) is 3.73. The number of fused-ring (bicyclic) bond motifs is 1. The van der Waals surface area contributed by atoms with Crippen molar-refractivity contribution in [1.29, 1.82) is 0 Å². The number of H-pyrrole nitrogens is 1. The summed E-state index contributed by atoms with van der Waals surface area (Å²) in [6, 6.07) is 11.6. The third kappa shape index (κ3) is 5.24. The molecule has 3 heterocycles. The van der Waals surface area contributed by atoms with Gasteiger partial charge in [-0.1, -0.05) is 18.7 Å². The Morgan fingerprint density at radius 3 is 2.84 bits per heavy atom. The monoisotopic (exact) mass is 502 g/mol. The molecule has 2 aromatic heterocycles. The van der Waals surface area contributed by atoms with E-state index < -0.39 is 0 Å². The normalized spacial score (nSPS) is 15.5. The SMILES string of the molecule is C=CC(=O)Nc1cc(Nc2cc3c(-c4cccc(F)c4)n[nH]c3cn2)c(OC)cc1OC1CCN(C)C1. The summed E-state index contributed by atoms with van der Waals surface area (Å²) < 4.78 is 25.7. The van der Waals surface area contributed by atoms with Crippen LogP contribution in [0.3, 0.4) is 0 Å². The van der Waals surface area contributed by atoms with Gasteiger partial charge in [0.15, 0.2) is 0 Å². The van der Waals surface area contributed by atoms with Gasteiger partial charge in [-0.25, -0.2) is 9.37 Å².